The molecule has 122 valence electrons. The second kappa shape index (κ2) is 7.51. The van der Waals surface area contributed by atoms with Crippen LogP contribution < -0.4 is 0 Å². The van der Waals surface area contributed by atoms with Gasteiger partial charge in [0.05, 0.1) is 0 Å². The lowest BCUT2D eigenvalue weighted by Gasteiger charge is -2.35. The number of likely N-dealkylation sites (tertiary alicyclic amines) is 1. The summed E-state index contributed by atoms with van der Waals surface area (Å²) in [5.74, 6) is -0.956. The van der Waals surface area contributed by atoms with Crippen LogP contribution in [0.1, 0.15) is 32.6 Å². The van der Waals surface area contributed by atoms with Crippen LogP contribution in [0.5, 0.6) is 0 Å². The van der Waals surface area contributed by atoms with Gasteiger partial charge in [-0.3, -0.25) is 4.79 Å². The molecule has 1 saturated heterocycles. The first kappa shape index (κ1) is 17.6. The number of carboxylic acids is 1. The molecule has 5 nitrogen and oxygen atoms in total. The van der Waals surface area contributed by atoms with E-state index in [4.69, 9.17) is 5.11 Å². The van der Waals surface area contributed by atoms with Gasteiger partial charge < -0.3 is 14.9 Å². The lowest BCUT2D eigenvalue weighted by atomic mass is 9.93. The number of rotatable bonds is 5. The summed E-state index contributed by atoms with van der Waals surface area (Å²) in [6.45, 7) is 0.366. The van der Waals surface area contributed by atoms with Gasteiger partial charge in [-0.25, -0.2) is 4.79 Å². The minimum Gasteiger partial charge on any atom is -0.480 e. The molecule has 1 aliphatic rings. The minimum atomic E-state index is -4.61. The standard InChI is InChI=1S/C13H21F3N2O3/c1-2-3-10-4-6-17(7-5-10)12(21)18(8-11(19)20)9-13(14,15)16/h10H,2-9H2,1H3,(H,19,20). The summed E-state index contributed by atoms with van der Waals surface area (Å²) in [5.41, 5.74) is 0. The molecule has 0 spiro atoms. The van der Waals surface area contributed by atoms with Gasteiger partial charge in [-0.15, -0.1) is 0 Å². The van der Waals surface area contributed by atoms with Crippen molar-refractivity contribution < 1.29 is 27.9 Å². The number of carboxylic acid groups (broad SMARTS) is 1. The highest BCUT2D eigenvalue weighted by Gasteiger charge is 2.36. The predicted molar refractivity (Wildman–Crippen MR) is 69.9 cm³/mol. The Kier molecular flexibility index (Phi) is 6.29. The maximum Gasteiger partial charge on any atom is 0.406 e. The monoisotopic (exact) mass is 310 g/mol. The Morgan fingerprint density at radius 3 is 2.29 bits per heavy atom. The first-order chi connectivity index (χ1) is 9.73. The molecular formula is C13H21F3N2O3. The molecule has 1 heterocycles. The number of carbonyl (C=O) groups is 2. The topological polar surface area (TPSA) is 60.9 Å². The van der Waals surface area contributed by atoms with E-state index >= 15 is 0 Å². The normalized spacial score (nSPS) is 16.9. The van der Waals surface area contributed by atoms with Crippen LogP contribution in [0, 0.1) is 5.92 Å². The third kappa shape index (κ3) is 6.22. The Bertz CT molecular complexity index is 366. The maximum atomic E-state index is 12.4. The molecule has 1 rings (SSSR count). The van der Waals surface area contributed by atoms with E-state index in [0.717, 1.165) is 25.7 Å². The van der Waals surface area contributed by atoms with Crippen LogP contribution in [0.2, 0.25) is 0 Å². The molecule has 21 heavy (non-hydrogen) atoms. The van der Waals surface area contributed by atoms with Crippen molar-refractivity contribution in [1.82, 2.24) is 9.80 Å². The van der Waals surface area contributed by atoms with Crippen molar-refractivity contribution in [2.75, 3.05) is 26.2 Å². The zero-order valence-corrected chi connectivity index (χ0v) is 12.0. The van der Waals surface area contributed by atoms with Crippen molar-refractivity contribution in [3.63, 3.8) is 0 Å². The van der Waals surface area contributed by atoms with Crippen molar-refractivity contribution in [2.45, 2.75) is 38.8 Å². The largest absolute Gasteiger partial charge is 0.480 e. The summed E-state index contributed by atoms with van der Waals surface area (Å²) >= 11 is 0. The number of piperidine rings is 1. The molecule has 1 N–H and O–H groups in total. The predicted octanol–water partition coefficient (Wildman–Crippen LogP) is 2.57. The molecule has 0 aromatic rings. The van der Waals surface area contributed by atoms with Crippen molar-refractivity contribution in [1.29, 1.82) is 0 Å². The number of alkyl halides is 3. The Hall–Kier alpha value is -1.47. The van der Waals surface area contributed by atoms with Crippen molar-refractivity contribution >= 4 is 12.0 Å². The summed E-state index contributed by atoms with van der Waals surface area (Å²) < 4.78 is 37.3. The van der Waals surface area contributed by atoms with E-state index in [1.54, 1.807) is 0 Å². The highest BCUT2D eigenvalue weighted by atomic mass is 19.4. The number of nitrogens with zero attached hydrogens (tertiary/aromatic N) is 2. The van der Waals surface area contributed by atoms with E-state index in [1.165, 1.54) is 4.90 Å². The smallest absolute Gasteiger partial charge is 0.406 e. The fourth-order valence-electron chi connectivity index (χ4n) is 2.59. The van der Waals surface area contributed by atoms with Gasteiger partial charge in [0, 0.05) is 13.1 Å². The first-order valence-electron chi connectivity index (χ1n) is 7.05. The fraction of sp³-hybridized carbons (Fsp3) is 0.846. The summed E-state index contributed by atoms with van der Waals surface area (Å²) in [4.78, 5) is 24.4. The second-order valence-electron chi connectivity index (χ2n) is 5.37. The Labute approximate surface area is 121 Å². The average Bonchev–Trinajstić information content (AvgIpc) is 2.36. The van der Waals surface area contributed by atoms with Crippen LogP contribution >= 0.6 is 0 Å². The number of carbonyl (C=O) groups excluding carboxylic acids is 1. The molecule has 1 fully saturated rings. The number of halogens is 3. The third-order valence-electron chi connectivity index (χ3n) is 3.55. The van der Waals surface area contributed by atoms with Crippen molar-refractivity contribution in [3.8, 4) is 0 Å². The molecule has 0 atom stereocenters. The molecule has 0 radical (unpaired) electrons. The van der Waals surface area contributed by atoms with Crippen LogP contribution in [-0.2, 0) is 4.79 Å². The maximum absolute atomic E-state index is 12.4. The van der Waals surface area contributed by atoms with Crippen LogP contribution in [0.3, 0.4) is 0 Å². The van der Waals surface area contributed by atoms with Gasteiger partial charge in [-0.05, 0) is 18.8 Å². The Morgan fingerprint density at radius 2 is 1.86 bits per heavy atom. The van der Waals surface area contributed by atoms with Crippen molar-refractivity contribution in [3.05, 3.63) is 0 Å². The minimum absolute atomic E-state index is 0.350. The van der Waals surface area contributed by atoms with Crippen LogP contribution in [0.4, 0.5) is 18.0 Å². The number of hydrogen-bond acceptors (Lipinski definition) is 2. The number of amides is 2. The molecule has 0 aliphatic carbocycles. The van der Waals surface area contributed by atoms with E-state index in [-0.39, 0.29) is 0 Å². The summed E-state index contributed by atoms with van der Waals surface area (Å²) in [6.07, 6.45) is -1.01. The highest BCUT2D eigenvalue weighted by molar-refractivity contribution is 5.80. The first-order valence-corrected chi connectivity index (χ1v) is 7.05. The lowest BCUT2D eigenvalue weighted by molar-refractivity contribution is -0.149. The van der Waals surface area contributed by atoms with Gasteiger partial charge in [0.1, 0.15) is 13.1 Å². The zero-order chi connectivity index (χ0) is 16.0. The second-order valence-corrected chi connectivity index (χ2v) is 5.37. The van der Waals surface area contributed by atoms with E-state index in [0.29, 0.717) is 23.9 Å². The summed E-state index contributed by atoms with van der Waals surface area (Å²) in [6, 6.07) is -0.843. The van der Waals surface area contributed by atoms with Gasteiger partial charge in [0.15, 0.2) is 0 Å². The SMILES string of the molecule is CCCC1CCN(C(=O)N(CC(=O)O)CC(F)(F)F)CC1. The van der Waals surface area contributed by atoms with Gasteiger partial charge in [-0.2, -0.15) is 13.2 Å². The molecule has 0 aromatic carbocycles. The zero-order valence-electron chi connectivity index (χ0n) is 12.0. The van der Waals surface area contributed by atoms with Gasteiger partial charge in [-0.1, -0.05) is 19.8 Å². The van der Waals surface area contributed by atoms with Crippen molar-refractivity contribution in [2.24, 2.45) is 5.92 Å². The van der Waals surface area contributed by atoms with Crippen LogP contribution in [0.25, 0.3) is 0 Å². The lowest BCUT2D eigenvalue weighted by Crippen LogP contribution is -2.51. The number of aliphatic carboxylic acids is 1. The molecule has 1 aliphatic heterocycles. The summed E-state index contributed by atoms with van der Waals surface area (Å²) in [5, 5.41) is 8.66. The molecule has 8 heteroatoms. The molecule has 0 saturated carbocycles. The molecule has 2 amide bonds. The number of urea groups is 1. The quantitative estimate of drug-likeness (QED) is 0.849. The van der Waals surface area contributed by atoms with E-state index < -0.39 is 31.3 Å². The molecular weight excluding hydrogens is 289 g/mol. The Balaban J connectivity index is 2.62. The van der Waals surface area contributed by atoms with Crippen LogP contribution in [-0.4, -0.2) is 59.3 Å². The molecule has 0 unspecified atom stereocenters. The van der Waals surface area contributed by atoms with E-state index in [2.05, 4.69) is 6.92 Å². The Morgan fingerprint density at radius 1 is 1.29 bits per heavy atom. The van der Waals surface area contributed by atoms with Gasteiger partial charge >= 0.3 is 18.2 Å². The van der Waals surface area contributed by atoms with Gasteiger partial charge in [0.2, 0.25) is 0 Å². The third-order valence-corrected chi connectivity index (χ3v) is 3.55. The molecule has 0 aromatic heterocycles. The average molecular weight is 310 g/mol. The van der Waals surface area contributed by atoms with Crippen LogP contribution in [0.15, 0.2) is 0 Å². The fourth-order valence-corrected chi connectivity index (χ4v) is 2.59. The van der Waals surface area contributed by atoms with E-state index in [1.807, 2.05) is 0 Å². The van der Waals surface area contributed by atoms with Gasteiger partial charge in [0.25, 0.3) is 0 Å². The summed E-state index contributed by atoms with van der Waals surface area (Å²) in [7, 11) is 0. The highest BCUT2D eigenvalue weighted by Crippen LogP contribution is 2.23. The molecule has 0 bridgehead atoms. The van der Waals surface area contributed by atoms with E-state index in [9.17, 15) is 22.8 Å². The number of hydrogen-bond donors (Lipinski definition) is 1.